The molecular formula is C23H32N4O5. The first-order chi connectivity index (χ1) is 15.4. The van der Waals surface area contributed by atoms with E-state index < -0.39 is 24.0 Å². The van der Waals surface area contributed by atoms with Crippen LogP contribution in [0.3, 0.4) is 0 Å². The van der Waals surface area contributed by atoms with Gasteiger partial charge in [0.1, 0.15) is 12.1 Å². The van der Waals surface area contributed by atoms with Crippen LogP contribution in [0.15, 0.2) is 24.3 Å². The van der Waals surface area contributed by atoms with Gasteiger partial charge in [-0.05, 0) is 49.7 Å². The lowest BCUT2D eigenvalue weighted by Gasteiger charge is -2.35. The standard InChI is InChI=1S/C23H32N4O5/c1-32-23(31)18(26-22(30)19-8-4-5-13-27(19)21(29)14-24)11-12-20(28)25-17-10-9-15-6-2-3-7-16(15)17/h2-3,6-7,17-19H,4-5,8-14,24H2,1H3,(H,25,28)(H,26,30)/t17-,18+,19+/m1/s1. The minimum absolute atomic E-state index is 0.0389. The second kappa shape index (κ2) is 11.1. The maximum absolute atomic E-state index is 12.9. The Hall–Kier alpha value is -2.94. The van der Waals surface area contributed by atoms with Crippen molar-refractivity contribution < 1.29 is 23.9 Å². The van der Waals surface area contributed by atoms with E-state index in [-0.39, 0.29) is 37.2 Å². The molecular weight excluding hydrogens is 412 g/mol. The second-order valence-electron chi connectivity index (χ2n) is 8.28. The molecule has 9 heteroatoms. The van der Waals surface area contributed by atoms with E-state index in [1.54, 1.807) is 0 Å². The lowest BCUT2D eigenvalue weighted by molar-refractivity contribution is -0.147. The molecule has 1 aliphatic carbocycles. The van der Waals surface area contributed by atoms with Crippen LogP contribution >= 0.6 is 0 Å². The van der Waals surface area contributed by atoms with E-state index in [1.807, 2.05) is 18.2 Å². The highest BCUT2D eigenvalue weighted by molar-refractivity contribution is 5.91. The maximum Gasteiger partial charge on any atom is 0.328 e. The minimum atomic E-state index is -0.967. The van der Waals surface area contributed by atoms with E-state index in [0.717, 1.165) is 31.2 Å². The summed E-state index contributed by atoms with van der Waals surface area (Å²) in [5.41, 5.74) is 7.84. The Balaban J connectivity index is 1.57. The van der Waals surface area contributed by atoms with Crippen LogP contribution in [0.25, 0.3) is 0 Å². The fraction of sp³-hybridized carbons (Fsp3) is 0.565. The van der Waals surface area contributed by atoms with Gasteiger partial charge in [0.15, 0.2) is 0 Å². The van der Waals surface area contributed by atoms with Gasteiger partial charge in [-0.2, -0.15) is 0 Å². The quantitative estimate of drug-likeness (QED) is 0.503. The minimum Gasteiger partial charge on any atom is -0.467 e. The molecule has 3 rings (SSSR count). The Bertz CT molecular complexity index is 859. The zero-order valence-corrected chi connectivity index (χ0v) is 18.5. The first-order valence-corrected chi connectivity index (χ1v) is 11.2. The number of aryl methyl sites for hydroxylation is 1. The van der Waals surface area contributed by atoms with Crippen molar-refractivity contribution in [2.75, 3.05) is 20.2 Å². The highest BCUT2D eigenvalue weighted by Crippen LogP contribution is 2.30. The average molecular weight is 445 g/mol. The molecule has 1 aliphatic heterocycles. The summed E-state index contributed by atoms with van der Waals surface area (Å²) in [6.07, 6.45) is 4.05. The Kier molecular flexibility index (Phi) is 8.21. The molecule has 4 N–H and O–H groups in total. The van der Waals surface area contributed by atoms with Crippen molar-refractivity contribution in [2.45, 2.75) is 63.1 Å². The van der Waals surface area contributed by atoms with Gasteiger partial charge in [0, 0.05) is 13.0 Å². The van der Waals surface area contributed by atoms with Crippen LogP contribution < -0.4 is 16.4 Å². The number of benzene rings is 1. The number of fused-ring (bicyclic) bond motifs is 1. The predicted molar refractivity (Wildman–Crippen MR) is 117 cm³/mol. The third kappa shape index (κ3) is 5.64. The number of ether oxygens (including phenoxy) is 1. The van der Waals surface area contributed by atoms with Crippen LogP contribution in [0, 0.1) is 0 Å². The fourth-order valence-electron chi connectivity index (χ4n) is 4.53. The maximum atomic E-state index is 12.9. The molecule has 0 unspecified atom stereocenters. The summed E-state index contributed by atoms with van der Waals surface area (Å²) in [5, 5.41) is 5.71. The van der Waals surface area contributed by atoms with Gasteiger partial charge in [0.2, 0.25) is 17.7 Å². The van der Waals surface area contributed by atoms with E-state index in [9.17, 15) is 19.2 Å². The SMILES string of the molecule is COC(=O)[C@H](CCC(=O)N[C@@H]1CCc2ccccc21)NC(=O)[C@@H]1CCCCN1C(=O)CN. The molecule has 0 bridgehead atoms. The molecule has 3 amide bonds. The largest absolute Gasteiger partial charge is 0.467 e. The number of carbonyl (C=O) groups excluding carboxylic acids is 4. The first kappa shape index (κ1) is 23.7. The van der Waals surface area contributed by atoms with Gasteiger partial charge < -0.3 is 26.0 Å². The van der Waals surface area contributed by atoms with Crippen LogP contribution in [0.5, 0.6) is 0 Å². The van der Waals surface area contributed by atoms with Gasteiger partial charge >= 0.3 is 5.97 Å². The second-order valence-corrected chi connectivity index (χ2v) is 8.28. The molecule has 1 saturated heterocycles. The highest BCUT2D eigenvalue weighted by Gasteiger charge is 2.34. The summed E-state index contributed by atoms with van der Waals surface area (Å²) in [4.78, 5) is 51.2. The number of methoxy groups -OCH3 is 1. The number of nitrogens with one attached hydrogen (secondary N) is 2. The smallest absolute Gasteiger partial charge is 0.328 e. The first-order valence-electron chi connectivity index (χ1n) is 11.2. The van der Waals surface area contributed by atoms with E-state index in [1.165, 1.54) is 17.6 Å². The summed E-state index contributed by atoms with van der Waals surface area (Å²) in [7, 11) is 1.24. The van der Waals surface area contributed by atoms with E-state index in [2.05, 4.69) is 16.7 Å². The molecule has 0 spiro atoms. The molecule has 0 radical (unpaired) electrons. The fourth-order valence-corrected chi connectivity index (χ4v) is 4.53. The van der Waals surface area contributed by atoms with Crippen LogP contribution in [-0.4, -0.2) is 60.9 Å². The highest BCUT2D eigenvalue weighted by atomic mass is 16.5. The average Bonchev–Trinajstić information content (AvgIpc) is 3.23. The van der Waals surface area contributed by atoms with Crippen molar-refractivity contribution in [3.63, 3.8) is 0 Å². The number of nitrogens with zero attached hydrogens (tertiary/aromatic N) is 1. The van der Waals surface area contributed by atoms with Crippen LogP contribution in [0.4, 0.5) is 0 Å². The summed E-state index contributed by atoms with van der Waals surface area (Å²) in [5.74, 6) is -1.53. The molecule has 1 fully saturated rings. The number of likely N-dealkylation sites (tertiary alicyclic amines) is 1. The Morgan fingerprint density at radius 3 is 2.72 bits per heavy atom. The zero-order chi connectivity index (χ0) is 23.1. The van der Waals surface area contributed by atoms with Crippen molar-refractivity contribution in [2.24, 2.45) is 5.73 Å². The number of amides is 3. The Labute approximate surface area is 188 Å². The number of nitrogens with two attached hydrogens (primary N) is 1. The lowest BCUT2D eigenvalue weighted by Crippen LogP contribution is -2.56. The zero-order valence-electron chi connectivity index (χ0n) is 18.5. The number of esters is 1. The molecule has 0 saturated carbocycles. The molecule has 1 aromatic carbocycles. The van der Waals surface area contributed by atoms with Crippen LogP contribution in [0.1, 0.15) is 55.7 Å². The number of rotatable bonds is 8. The number of hydrogen-bond acceptors (Lipinski definition) is 6. The van der Waals surface area contributed by atoms with Crippen molar-refractivity contribution in [3.8, 4) is 0 Å². The van der Waals surface area contributed by atoms with Crippen LogP contribution in [-0.2, 0) is 30.3 Å². The lowest BCUT2D eigenvalue weighted by atomic mass is 10.0. The number of hydrogen-bond donors (Lipinski definition) is 3. The van der Waals surface area contributed by atoms with Crippen molar-refractivity contribution in [3.05, 3.63) is 35.4 Å². The molecule has 9 nitrogen and oxygen atoms in total. The monoisotopic (exact) mass is 444 g/mol. The summed E-state index contributed by atoms with van der Waals surface area (Å²) in [6.45, 7) is 0.289. The van der Waals surface area contributed by atoms with E-state index in [4.69, 9.17) is 10.5 Å². The van der Waals surface area contributed by atoms with Crippen molar-refractivity contribution in [1.29, 1.82) is 0 Å². The summed E-state index contributed by atoms with van der Waals surface area (Å²) >= 11 is 0. The van der Waals surface area contributed by atoms with Crippen LogP contribution in [0.2, 0.25) is 0 Å². The molecule has 32 heavy (non-hydrogen) atoms. The summed E-state index contributed by atoms with van der Waals surface area (Å²) in [6, 6.07) is 6.35. The topological polar surface area (TPSA) is 131 Å². The third-order valence-corrected chi connectivity index (χ3v) is 6.23. The molecule has 0 aromatic heterocycles. The van der Waals surface area contributed by atoms with Crippen molar-refractivity contribution in [1.82, 2.24) is 15.5 Å². The molecule has 1 heterocycles. The number of carbonyl (C=O) groups is 4. The third-order valence-electron chi connectivity index (χ3n) is 6.23. The normalized spacial score (nSPS) is 20.8. The van der Waals surface area contributed by atoms with Gasteiger partial charge in [-0.3, -0.25) is 14.4 Å². The van der Waals surface area contributed by atoms with Gasteiger partial charge in [-0.1, -0.05) is 24.3 Å². The Morgan fingerprint density at radius 2 is 1.97 bits per heavy atom. The molecule has 3 atom stereocenters. The van der Waals surface area contributed by atoms with Gasteiger partial charge in [0.05, 0.1) is 19.7 Å². The Morgan fingerprint density at radius 1 is 1.19 bits per heavy atom. The predicted octanol–water partition coefficient (Wildman–Crippen LogP) is 0.568. The molecule has 2 aliphatic rings. The molecule has 1 aromatic rings. The van der Waals surface area contributed by atoms with Crippen molar-refractivity contribution >= 4 is 23.7 Å². The van der Waals surface area contributed by atoms with Gasteiger partial charge in [-0.25, -0.2) is 4.79 Å². The number of piperidine rings is 1. The van der Waals surface area contributed by atoms with Gasteiger partial charge in [-0.15, -0.1) is 0 Å². The molecule has 174 valence electrons. The van der Waals surface area contributed by atoms with E-state index in [0.29, 0.717) is 13.0 Å². The van der Waals surface area contributed by atoms with Gasteiger partial charge in [0.25, 0.3) is 0 Å². The summed E-state index contributed by atoms with van der Waals surface area (Å²) < 4.78 is 4.82. The van der Waals surface area contributed by atoms with E-state index >= 15 is 0 Å².